The van der Waals surface area contributed by atoms with E-state index in [0.717, 1.165) is 0 Å². The van der Waals surface area contributed by atoms with Crippen LogP contribution in [0.3, 0.4) is 0 Å². The van der Waals surface area contributed by atoms with Gasteiger partial charge >= 0.3 is 7.60 Å². The molecule has 1 heterocycles. The molecule has 90 valence electrons. The molecule has 0 saturated heterocycles. The predicted octanol–water partition coefficient (Wildman–Crippen LogP) is 2.79. The summed E-state index contributed by atoms with van der Waals surface area (Å²) in [6, 6.07) is 3.19. The normalized spacial score (nSPS) is 13.6. The highest BCUT2D eigenvalue weighted by atomic mass is 31.2. The van der Waals surface area contributed by atoms with Crippen molar-refractivity contribution in [2.24, 2.45) is 0 Å². The van der Waals surface area contributed by atoms with Crippen molar-refractivity contribution in [3.63, 3.8) is 0 Å². The van der Waals surface area contributed by atoms with E-state index in [-0.39, 0.29) is 13.2 Å². The maximum absolute atomic E-state index is 12.3. The highest BCUT2D eigenvalue weighted by Crippen LogP contribution is 2.59. The monoisotopic (exact) mass is 246 g/mol. The van der Waals surface area contributed by atoms with Gasteiger partial charge in [-0.05, 0) is 26.0 Å². The van der Waals surface area contributed by atoms with Crippen molar-refractivity contribution < 1.29 is 22.8 Å². The summed E-state index contributed by atoms with van der Waals surface area (Å²) in [6.45, 7) is 3.80. The third-order valence-corrected chi connectivity index (χ3v) is 4.22. The second kappa shape index (κ2) is 5.99. The predicted molar refractivity (Wildman–Crippen MR) is 58.4 cm³/mol. The fraction of sp³-hybridized carbons (Fsp3) is 0.500. The zero-order chi connectivity index (χ0) is 12.0. The Morgan fingerprint density at radius 2 is 2.06 bits per heavy atom. The molecule has 1 atom stereocenters. The standard InChI is InChI=1S/C10H15O5P/c1-3-14-16(12,15-4-2)10(8-11)9-6-5-7-13-9/h5-8,10H,3-4H2,1-2H3. The highest BCUT2D eigenvalue weighted by molar-refractivity contribution is 7.55. The van der Waals surface area contributed by atoms with Gasteiger partial charge in [-0.1, -0.05) is 0 Å². The fourth-order valence-corrected chi connectivity index (χ4v) is 3.04. The van der Waals surface area contributed by atoms with Crippen LogP contribution in [0, 0.1) is 0 Å². The molecule has 0 aliphatic rings. The number of furan rings is 1. The Balaban J connectivity index is 2.99. The van der Waals surface area contributed by atoms with Gasteiger partial charge in [0.2, 0.25) is 0 Å². The molecule has 0 aliphatic heterocycles. The number of aldehydes is 1. The first-order valence-electron chi connectivity index (χ1n) is 5.05. The largest absolute Gasteiger partial charge is 0.468 e. The lowest BCUT2D eigenvalue weighted by Gasteiger charge is -2.20. The Bertz CT molecular complexity index is 349. The number of rotatable bonds is 7. The molecule has 0 radical (unpaired) electrons. The van der Waals surface area contributed by atoms with E-state index in [1.807, 2.05) is 0 Å². The van der Waals surface area contributed by atoms with Crippen LogP contribution in [0.5, 0.6) is 0 Å². The third kappa shape index (κ3) is 2.82. The quantitative estimate of drug-likeness (QED) is 0.546. The smallest absolute Gasteiger partial charge is 0.348 e. The van der Waals surface area contributed by atoms with E-state index < -0.39 is 13.3 Å². The van der Waals surface area contributed by atoms with Crippen LogP contribution >= 0.6 is 7.60 Å². The average molecular weight is 246 g/mol. The van der Waals surface area contributed by atoms with Gasteiger partial charge in [-0.3, -0.25) is 4.57 Å². The summed E-state index contributed by atoms with van der Waals surface area (Å²) < 4.78 is 27.5. The van der Waals surface area contributed by atoms with Crippen molar-refractivity contribution in [1.29, 1.82) is 0 Å². The molecule has 0 saturated carbocycles. The lowest BCUT2D eigenvalue weighted by molar-refractivity contribution is -0.108. The summed E-state index contributed by atoms with van der Waals surface area (Å²) in [5.41, 5.74) is -0.998. The van der Waals surface area contributed by atoms with E-state index in [1.54, 1.807) is 26.0 Å². The average Bonchev–Trinajstić information content (AvgIpc) is 2.72. The Labute approximate surface area is 94.3 Å². The van der Waals surface area contributed by atoms with E-state index in [0.29, 0.717) is 12.0 Å². The molecule has 0 fully saturated rings. The van der Waals surface area contributed by atoms with Crippen LogP contribution in [-0.2, 0) is 18.4 Å². The van der Waals surface area contributed by atoms with Gasteiger partial charge in [-0.2, -0.15) is 0 Å². The van der Waals surface area contributed by atoms with Gasteiger partial charge in [-0.25, -0.2) is 0 Å². The number of carbonyl (C=O) groups excluding carboxylic acids is 1. The fourth-order valence-electron chi connectivity index (χ4n) is 1.31. The molecule has 0 amide bonds. The first kappa shape index (κ1) is 13.2. The highest BCUT2D eigenvalue weighted by Gasteiger charge is 2.38. The van der Waals surface area contributed by atoms with Crippen LogP contribution in [-0.4, -0.2) is 19.5 Å². The number of carbonyl (C=O) groups is 1. The van der Waals surface area contributed by atoms with Crippen molar-refractivity contribution in [3.8, 4) is 0 Å². The Hall–Kier alpha value is -0.900. The van der Waals surface area contributed by atoms with E-state index in [4.69, 9.17) is 13.5 Å². The molecule has 5 nitrogen and oxygen atoms in total. The van der Waals surface area contributed by atoms with Gasteiger partial charge in [-0.15, -0.1) is 0 Å². The summed E-state index contributed by atoms with van der Waals surface area (Å²) in [7, 11) is -3.48. The van der Waals surface area contributed by atoms with Crippen LogP contribution in [0.15, 0.2) is 22.8 Å². The molecule has 1 unspecified atom stereocenters. The molecular formula is C10H15O5P. The first-order valence-corrected chi connectivity index (χ1v) is 6.66. The molecule has 0 spiro atoms. The van der Waals surface area contributed by atoms with Crippen molar-refractivity contribution >= 4 is 13.9 Å². The zero-order valence-corrected chi connectivity index (χ0v) is 10.2. The van der Waals surface area contributed by atoms with Gasteiger partial charge in [0.05, 0.1) is 19.5 Å². The summed E-state index contributed by atoms with van der Waals surface area (Å²) >= 11 is 0. The van der Waals surface area contributed by atoms with Crippen molar-refractivity contribution in [2.75, 3.05) is 13.2 Å². The summed E-state index contributed by atoms with van der Waals surface area (Å²) in [5, 5.41) is 0. The topological polar surface area (TPSA) is 65.7 Å². The van der Waals surface area contributed by atoms with E-state index >= 15 is 0 Å². The molecule has 0 aromatic carbocycles. The lowest BCUT2D eigenvalue weighted by atomic mass is 10.3. The second-order valence-corrected chi connectivity index (χ2v) is 5.12. The minimum atomic E-state index is -3.48. The van der Waals surface area contributed by atoms with Gasteiger partial charge in [0.25, 0.3) is 0 Å². The lowest BCUT2D eigenvalue weighted by Crippen LogP contribution is -2.07. The Morgan fingerprint density at radius 3 is 2.44 bits per heavy atom. The second-order valence-electron chi connectivity index (χ2n) is 2.97. The third-order valence-electron chi connectivity index (χ3n) is 1.92. The van der Waals surface area contributed by atoms with E-state index in [2.05, 4.69) is 0 Å². The number of hydrogen-bond acceptors (Lipinski definition) is 5. The molecule has 1 aromatic heterocycles. The van der Waals surface area contributed by atoms with Crippen LogP contribution < -0.4 is 0 Å². The van der Waals surface area contributed by atoms with Gasteiger partial charge in [0.15, 0.2) is 5.66 Å². The van der Waals surface area contributed by atoms with Crippen LogP contribution in [0.2, 0.25) is 0 Å². The molecule has 16 heavy (non-hydrogen) atoms. The molecule has 0 bridgehead atoms. The molecule has 1 rings (SSSR count). The van der Waals surface area contributed by atoms with Crippen molar-refractivity contribution in [1.82, 2.24) is 0 Å². The molecular weight excluding hydrogens is 231 g/mol. The van der Waals surface area contributed by atoms with Crippen molar-refractivity contribution in [2.45, 2.75) is 19.5 Å². The molecule has 0 N–H and O–H groups in total. The SMILES string of the molecule is CCOP(=O)(OCC)C(C=O)c1ccco1. The van der Waals surface area contributed by atoms with Crippen LogP contribution in [0.1, 0.15) is 25.3 Å². The molecule has 1 aromatic rings. The minimum absolute atomic E-state index is 0.211. The summed E-state index contributed by atoms with van der Waals surface area (Å²) in [6.07, 6.45) is 1.94. The summed E-state index contributed by atoms with van der Waals surface area (Å²) in [4.78, 5) is 11.0. The molecule has 6 heteroatoms. The summed E-state index contributed by atoms with van der Waals surface area (Å²) in [5.74, 6) is 0.292. The maximum atomic E-state index is 12.3. The first-order chi connectivity index (χ1) is 7.68. The van der Waals surface area contributed by atoms with Gasteiger partial charge < -0.3 is 18.3 Å². The number of hydrogen-bond donors (Lipinski definition) is 0. The minimum Gasteiger partial charge on any atom is -0.468 e. The van der Waals surface area contributed by atoms with E-state index in [9.17, 15) is 9.36 Å². The van der Waals surface area contributed by atoms with Gasteiger partial charge in [0.1, 0.15) is 12.0 Å². The van der Waals surface area contributed by atoms with E-state index in [1.165, 1.54) is 6.26 Å². The maximum Gasteiger partial charge on any atom is 0.348 e. The van der Waals surface area contributed by atoms with Gasteiger partial charge in [0, 0.05) is 0 Å². The Morgan fingerprint density at radius 1 is 1.44 bits per heavy atom. The molecule has 0 aliphatic carbocycles. The Kier molecular flexibility index (Phi) is 4.93. The van der Waals surface area contributed by atoms with Crippen LogP contribution in [0.25, 0.3) is 0 Å². The van der Waals surface area contributed by atoms with Crippen LogP contribution in [0.4, 0.5) is 0 Å². The zero-order valence-electron chi connectivity index (χ0n) is 9.29. The van der Waals surface area contributed by atoms with Crippen molar-refractivity contribution in [3.05, 3.63) is 24.2 Å².